The molecular weight excluding hydrogens is 417 g/mol. The lowest BCUT2D eigenvalue weighted by atomic mass is 10.0. The lowest BCUT2D eigenvalue weighted by molar-refractivity contribution is -0.116. The monoisotopic (exact) mass is 443 g/mol. The number of hydrogen-bond acceptors (Lipinski definition) is 3. The smallest absolute Gasteiger partial charge is 0.273 e. The summed E-state index contributed by atoms with van der Waals surface area (Å²) in [6, 6.07) is 20.8. The second-order valence-corrected chi connectivity index (χ2v) is 8.06. The van der Waals surface area contributed by atoms with Gasteiger partial charge in [0.1, 0.15) is 5.82 Å². The van der Waals surface area contributed by atoms with Gasteiger partial charge in [0.15, 0.2) is 5.82 Å². The standard InChI is InChI=1S/C27H26FN3O2/c1-2-3-4-9-19-14-16-20(17-15-19)18-25(32)30-31-26(21-10-5-7-12-23(21)28)29-24-13-8-6-11-22(24)27(31)33/h5-8,10-17H,2-4,9,18H2,1H3,(H,30,32). The summed E-state index contributed by atoms with van der Waals surface area (Å²) < 4.78 is 15.6. The maximum atomic E-state index is 14.6. The topological polar surface area (TPSA) is 64.0 Å². The molecule has 168 valence electrons. The zero-order chi connectivity index (χ0) is 23.2. The number of carbonyl (C=O) groups is 1. The predicted molar refractivity (Wildman–Crippen MR) is 129 cm³/mol. The third kappa shape index (κ3) is 5.17. The number of unbranched alkanes of at least 4 members (excludes halogenated alkanes) is 2. The van der Waals surface area contributed by atoms with E-state index in [0.717, 1.165) is 23.1 Å². The fraction of sp³-hybridized carbons (Fsp3) is 0.222. The zero-order valence-corrected chi connectivity index (χ0v) is 18.6. The van der Waals surface area contributed by atoms with Crippen molar-refractivity contribution in [3.63, 3.8) is 0 Å². The van der Waals surface area contributed by atoms with E-state index in [2.05, 4.69) is 17.3 Å². The van der Waals surface area contributed by atoms with Crippen LogP contribution in [0.5, 0.6) is 0 Å². The molecule has 1 aromatic heterocycles. The number of nitrogens with zero attached hydrogens (tertiary/aromatic N) is 2. The molecule has 0 bridgehead atoms. The molecule has 5 nitrogen and oxygen atoms in total. The molecule has 4 rings (SSSR count). The summed E-state index contributed by atoms with van der Waals surface area (Å²) >= 11 is 0. The van der Waals surface area contributed by atoms with Gasteiger partial charge in [0.05, 0.1) is 22.9 Å². The van der Waals surface area contributed by atoms with Crippen molar-refractivity contribution in [2.24, 2.45) is 0 Å². The third-order valence-electron chi connectivity index (χ3n) is 5.58. The lowest BCUT2D eigenvalue weighted by Crippen LogP contribution is -2.36. The fourth-order valence-corrected chi connectivity index (χ4v) is 3.81. The number of hydrogen-bond donors (Lipinski definition) is 1. The molecule has 0 saturated carbocycles. The second kappa shape index (κ2) is 10.2. The van der Waals surface area contributed by atoms with Crippen LogP contribution in [0.2, 0.25) is 0 Å². The molecule has 3 aromatic carbocycles. The quantitative estimate of drug-likeness (QED) is 0.379. The SMILES string of the molecule is CCCCCc1ccc(CC(=O)Nn2c(-c3ccccc3F)nc3ccccc3c2=O)cc1. The van der Waals surface area contributed by atoms with Gasteiger partial charge in [0.2, 0.25) is 5.91 Å². The van der Waals surface area contributed by atoms with E-state index in [4.69, 9.17) is 0 Å². The number of para-hydroxylation sites is 1. The molecule has 6 heteroatoms. The van der Waals surface area contributed by atoms with Crippen molar-refractivity contribution in [3.05, 3.63) is 100 Å². The highest BCUT2D eigenvalue weighted by molar-refractivity contribution is 5.87. The van der Waals surface area contributed by atoms with Crippen LogP contribution in [0, 0.1) is 5.82 Å². The van der Waals surface area contributed by atoms with Crippen LogP contribution in [0.3, 0.4) is 0 Å². The number of nitrogens with one attached hydrogen (secondary N) is 1. The Bertz CT molecular complexity index is 1330. The van der Waals surface area contributed by atoms with Crippen molar-refractivity contribution in [2.45, 2.75) is 39.0 Å². The van der Waals surface area contributed by atoms with Crippen molar-refractivity contribution in [3.8, 4) is 11.4 Å². The van der Waals surface area contributed by atoms with Gasteiger partial charge in [-0.15, -0.1) is 0 Å². The van der Waals surface area contributed by atoms with Crippen LogP contribution in [0.4, 0.5) is 4.39 Å². The molecule has 1 N–H and O–H groups in total. The van der Waals surface area contributed by atoms with Gasteiger partial charge in [-0.25, -0.2) is 9.37 Å². The van der Waals surface area contributed by atoms with Gasteiger partial charge in [0.25, 0.3) is 5.56 Å². The van der Waals surface area contributed by atoms with Gasteiger partial charge in [-0.2, -0.15) is 4.68 Å². The third-order valence-corrected chi connectivity index (χ3v) is 5.58. The van der Waals surface area contributed by atoms with Crippen LogP contribution in [0.15, 0.2) is 77.6 Å². The van der Waals surface area contributed by atoms with Crippen molar-refractivity contribution in [2.75, 3.05) is 5.43 Å². The highest BCUT2D eigenvalue weighted by atomic mass is 19.1. The van der Waals surface area contributed by atoms with Gasteiger partial charge in [-0.3, -0.25) is 15.0 Å². The minimum atomic E-state index is -0.527. The number of halogens is 1. The molecule has 0 atom stereocenters. The molecule has 0 unspecified atom stereocenters. The van der Waals surface area contributed by atoms with E-state index in [0.29, 0.717) is 10.9 Å². The molecule has 1 amide bonds. The maximum absolute atomic E-state index is 14.6. The van der Waals surface area contributed by atoms with Gasteiger partial charge < -0.3 is 0 Å². The van der Waals surface area contributed by atoms with Crippen LogP contribution in [0.25, 0.3) is 22.3 Å². The minimum Gasteiger partial charge on any atom is -0.273 e. The molecule has 0 radical (unpaired) electrons. The molecule has 4 aromatic rings. The normalized spacial score (nSPS) is 11.0. The number of aromatic nitrogens is 2. The Kier molecular flexibility index (Phi) is 6.93. The Hall–Kier alpha value is -3.80. The van der Waals surface area contributed by atoms with Crippen molar-refractivity contribution in [1.82, 2.24) is 9.66 Å². The minimum absolute atomic E-state index is 0.0522. The molecule has 0 aliphatic heterocycles. The molecule has 0 spiro atoms. The highest BCUT2D eigenvalue weighted by Crippen LogP contribution is 2.21. The fourth-order valence-electron chi connectivity index (χ4n) is 3.81. The summed E-state index contributed by atoms with van der Waals surface area (Å²) in [5, 5.41) is 0.342. The second-order valence-electron chi connectivity index (χ2n) is 8.06. The Labute approximate surface area is 191 Å². The first kappa shape index (κ1) is 22.4. The summed E-state index contributed by atoms with van der Waals surface area (Å²) in [5.41, 5.74) is 4.82. The van der Waals surface area contributed by atoms with Gasteiger partial charge in [0, 0.05) is 0 Å². The van der Waals surface area contributed by atoms with E-state index in [9.17, 15) is 14.0 Å². The molecule has 0 aliphatic carbocycles. The summed E-state index contributed by atoms with van der Waals surface area (Å²) in [6.07, 6.45) is 4.63. The Morgan fingerprint density at radius 3 is 2.39 bits per heavy atom. The molecule has 0 aliphatic rings. The summed E-state index contributed by atoms with van der Waals surface area (Å²) in [7, 11) is 0. The number of amides is 1. The van der Waals surface area contributed by atoms with Gasteiger partial charge >= 0.3 is 0 Å². The summed E-state index contributed by atoms with van der Waals surface area (Å²) in [6.45, 7) is 2.18. The average Bonchev–Trinajstić information content (AvgIpc) is 2.82. The van der Waals surface area contributed by atoms with Crippen LogP contribution < -0.4 is 11.0 Å². The van der Waals surface area contributed by atoms with E-state index in [1.54, 1.807) is 36.4 Å². The zero-order valence-electron chi connectivity index (χ0n) is 18.6. The Morgan fingerprint density at radius 2 is 1.64 bits per heavy atom. The van der Waals surface area contributed by atoms with Gasteiger partial charge in [-0.1, -0.05) is 68.3 Å². The van der Waals surface area contributed by atoms with E-state index in [-0.39, 0.29) is 23.7 Å². The van der Waals surface area contributed by atoms with Crippen molar-refractivity contribution in [1.29, 1.82) is 0 Å². The lowest BCUT2D eigenvalue weighted by Gasteiger charge is -2.15. The number of fused-ring (bicyclic) bond motifs is 1. The molecular formula is C27H26FN3O2. The first-order valence-corrected chi connectivity index (χ1v) is 11.2. The Balaban J connectivity index is 1.62. The molecule has 33 heavy (non-hydrogen) atoms. The van der Waals surface area contributed by atoms with Crippen molar-refractivity contribution >= 4 is 16.8 Å². The molecule has 1 heterocycles. The maximum Gasteiger partial charge on any atom is 0.280 e. The van der Waals surface area contributed by atoms with Crippen LogP contribution in [-0.2, 0) is 17.6 Å². The number of rotatable bonds is 8. The van der Waals surface area contributed by atoms with E-state index < -0.39 is 11.4 Å². The number of carbonyl (C=O) groups excluding carboxylic acids is 1. The predicted octanol–water partition coefficient (Wildman–Crippen LogP) is 5.25. The molecule has 0 fully saturated rings. The van der Waals surface area contributed by atoms with E-state index >= 15 is 0 Å². The number of aryl methyl sites for hydroxylation is 1. The first-order valence-electron chi connectivity index (χ1n) is 11.2. The average molecular weight is 444 g/mol. The highest BCUT2D eigenvalue weighted by Gasteiger charge is 2.17. The first-order chi connectivity index (χ1) is 16.1. The largest absolute Gasteiger partial charge is 0.280 e. The van der Waals surface area contributed by atoms with Crippen LogP contribution in [-0.4, -0.2) is 15.6 Å². The number of benzene rings is 3. The van der Waals surface area contributed by atoms with Crippen molar-refractivity contribution < 1.29 is 9.18 Å². The Morgan fingerprint density at radius 1 is 0.939 bits per heavy atom. The van der Waals surface area contributed by atoms with Crippen LogP contribution >= 0.6 is 0 Å². The van der Waals surface area contributed by atoms with E-state index in [1.807, 2.05) is 24.3 Å². The van der Waals surface area contributed by atoms with Crippen LogP contribution in [0.1, 0.15) is 37.3 Å². The summed E-state index contributed by atoms with van der Waals surface area (Å²) in [4.78, 5) is 30.5. The summed E-state index contributed by atoms with van der Waals surface area (Å²) in [5.74, 6) is -0.858. The van der Waals surface area contributed by atoms with E-state index in [1.165, 1.54) is 30.5 Å². The van der Waals surface area contributed by atoms with Gasteiger partial charge in [-0.05, 0) is 48.2 Å². The molecule has 0 saturated heterocycles.